The number of rotatable bonds is 5. The van der Waals surface area contributed by atoms with Gasteiger partial charge in [0.05, 0.1) is 5.69 Å². The van der Waals surface area contributed by atoms with E-state index in [2.05, 4.69) is 4.98 Å². The van der Waals surface area contributed by atoms with Gasteiger partial charge in [-0.05, 0) is 12.1 Å². The molecule has 0 spiro atoms. The molecular formula is C15H15FN2O4. The molecule has 1 heterocycles. The lowest BCUT2D eigenvalue weighted by Crippen LogP contribution is -2.10. The average Bonchev–Trinajstić information content (AvgIpc) is 2.94. The third-order valence-corrected chi connectivity index (χ3v) is 2.91. The number of carbonyl (C=O) groups is 1. The lowest BCUT2D eigenvalue weighted by atomic mass is 10.2. The fourth-order valence-electron chi connectivity index (χ4n) is 1.95. The Hall–Kier alpha value is -2.83. The highest BCUT2D eigenvalue weighted by Crippen LogP contribution is 2.28. The summed E-state index contributed by atoms with van der Waals surface area (Å²) in [5.41, 5.74) is 0.293. The van der Waals surface area contributed by atoms with Crippen molar-refractivity contribution in [3.8, 4) is 11.4 Å². The van der Waals surface area contributed by atoms with Crippen molar-refractivity contribution < 1.29 is 24.1 Å². The number of hydrogen-bond donors (Lipinski definition) is 2. The van der Waals surface area contributed by atoms with Crippen LogP contribution in [0, 0.1) is 5.82 Å². The fraction of sp³-hybridized carbons (Fsp3) is 0.200. The number of halogens is 1. The number of imidazole rings is 1. The van der Waals surface area contributed by atoms with Crippen LogP contribution in [0.3, 0.4) is 0 Å². The highest BCUT2D eigenvalue weighted by atomic mass is 19.1. The number of aliphatic hydroxyl groups is 1. The van der Waals surface area contributed by atoms with E-state index in [1.165, 1.54) is 12.1 Å². The number of nitrogens with zero attached hydrogens (tertiary/aromatic N) is 2. The van der Waals surface area contributed by atoms with Crippen molar-refractivity contribution in [2.24, 2.45) is 0 Å². The number of benzene rings is 1. The van der Waals surface area contributed by atoms with Crippen molar-refractivity contribution in [3.63, 3.8) is 0 Å². The highest BCUT2D eigenvalue weighted by molar-refractivity contribution is 5.84. The third-order valence-electron chi connectivity index (χ3n) is 2.91. The molecule has 2 N–H and O–H groups in total. The second-order valence-electron chi connectivity index (χ2n) is 4.82. The van der Waals surface area contributed by atoms with Crippen molar-refractivity contribution >= 4 is 5.97 Å². The molecule has 1 aromatic carbocycles. The molecule has 0 bridgehead atoms. The third kappa shape index (κ3) is 3.08. The van der Waals surface area contributed by atoms with Crippen LogP contribution in [0.25, 0.3) is 5.69 Å². The number of aromatic nitrogens is 2. The molecule has 0 amide bonds. The van der Waals surface area contributed by atoms with Gasteiger partial charge in [-0.2, -0.15) is 0 Å². The van der Waals surface area contributed by atoms with E-state index >= 15 is 0 Å². The smallest absolute Gasteiger partial charge is 0.375 e. The minimum absolute atomic E-state index is 0.0680. The Morgan fingerprint density at radius 2 is 2.18 bits per heavy atom. The Bertz CT molecular complexity index is 722. The molecule has 2 aromatic rings. The van der Waals surface area contributed by atoms with Gasteiger partial charge in [-0.15, -0.1) is 0 Å². The maximum Gasteiger partial charge on any atom is 0.375 e. The Morgan fingerprint density at radius 3 is 2.77 bits per heavy atom. The summed E-state index contributed by atoms with van der Waals surface area (Å²) in [6, 6.07) is 3.64. The summed E-state index contributed by atoms with van der Waals surface area (Å²) in [6.45, 7) is 3.85. The Kier molecular flexibility index (Phi) is 4.45. The Balaban J connectivity index is 2.53. The first-order valence-electron chi connectivity index (χ1n) is 6.52. The van der Waals surface area contributed by atoms with Gasteiger partial charge in [0.1, 0.15) is 17.9 Å². The number of aliphatic carboxylic acids is 1. The predicted octanol–water partition coefficient (Wildman–Crippen LogP) is 3.00. The first-order chi connectivity index (χ1) is 10.4. The van der Waals surface area contributed by atoms with E-state index in [0.717, 1.165) is 6.07 Å². The molecule has 0 saturated carbocycles. The van der Waals surface area contributed by atoms with E-state index in [1.54, 1.807) is 17.0 Å². The van der Waals surface area contributed by atoms with Crippen LogP contribution in [-0.4, -0.2) is 25.7 Å². The van der Waals surface area contributed by atoms with E-state index in [4.69, 9.17) is 14.9 Å². The quantitative estimate of drug-likeness (QED) is 0.655. The summed E-state index contributed by atoms with van der Waals surface area (Å²) in [7, 11) is 0. The number of ether oxygens (including phenoxy) is 1. The summed E-state index contributed by atoms with van der Waals surface area (Å²) in [6.07, 6.45) is 3.52. The van der Waals surface area contributed by atoms with Gasteiger partial charge in [0, 0.05) is 24.4 Å². The van der Waals surface area contributed by atoms with Crippen molar-refractivity contribution in [3.05, 3.63) is 54.3 Å². The highest BCUT2D eigenvalue weighted by Gasteiger charge is 2.17. The van der Waals surface area contributed by atoms with E-state index < -0.39 is 17.5 Å². The fourth-order valence-corrected chi connectivity index (χ4v) is 1.95. The molecule has 0 aliphatic rings. The van der Waals surface area contributed by atoms with Crippen LogP contribution >= 0.6 is 0 Å². The van der Waals surface area contributed by atoms with Crippen LogP contribution in [0.1, 0.15) is 25.6 Å². The molecule has 0 aliphatic carbocycles. The zero-order chi connectivity index (χ0) is 16.3. The van der Waals surface area contributed by atoms with E-state index in [0.29, 0.717) is 17.8 Å². The second-order valence-corrected chi connectivity index (χ2v) is 4.82. The predicted molar refractivity (Wildman–Crippen MR) is 76.6 cm³/mol. The lowest BCUT2D eigenvalue weighted by Gasteiger charge is -2.15. The number of aliphatic hydroxyl groups excluding tert-OH is 1. The number of carboxylic acid groups (broad SMARTS) is 1. The molecule has 6 nitrogen and oxygen atoms in total. The molecule has 0 saturated heterocycles. The maximum absolute atomic E-state index is 13.6. The molecular weight excluding hydrogens is 291 g/mol. The molecule has 0 unspecified atom stereocenters. The zero-order valence-electron chi connectivity index (χ0n) is 12.0. The number of hydrogen-bond acceptors (Lipinski definition) is 4. The molecule has 0 radical (unpaired) electrons. The van der Waals surface area contributed by atoms with Gasteiger partial charge in [-0.3, -0.25) is 4.57 Å². The van der Waals surface area contributed by atoms with Crippen molar-refractivity contribution in [1.29, 1.82) is 0 Å². The molecule has 116 valence electrons. The van der Waals surface area contributed by atoms with Crippen LogP contribution in [0.2, 0.25) is 0 Å². The Morgan fingerprint density at radius 1 is 1.45 bits per heavy atom. The summed E-state index contributed by atoms with van der Waals surface area (Å²) in [5.74, 6) is -1.79. The van der Waals surface area contributed by atoms with Crippen molar-refractivity contribution in [2.75, 3.05) is 0 Å². The SMILES string of the molecule is CC(C)c1nccn1-c1cc(F)ccc1O/C(=C\O)C(=O)O. The van der Waals surface area contributed by atoms with Gasteiger partial charge in [0.25, 0.3) is 0 Å². The Labute approximate surface area is 126 Å². The maximum atomic E-state index is 13.6. The van der Waals surface area contributed by atoms with E-state index in [-0.39, 0.29) is 11.7 Å². The second kappa shape index (κ2) is 6.30. The average molecular weight is 306 g/mol. The van der Waals surface area contributed by atoms with Crippen LogP contribution in [0.5, 0.6) is 5.75 Å². The monoisotopic (exact) mass is 306 g/mol. The zero-order valence-corrected chi connectivity index (χ0v) is 12.0. The minimum Gasteiger partial charge on any atom is -0.511 e. The van der Waals surface area contributed by atoms with Crippen LogP contribution in [0.15, 0.2) is 42.6 Å². The van der Waals surface area contributed by atoms with Crippen molar-refractivity contribution in [1.82, 2.24) is 9.55 Å². The van der Waals surface area contributed by atoms with Gasteiger partial charge in [-0.1, -0.05) is 13.8 Å². The summed E-state index contributed by atoms with van der Waals surface area (Å²) < 4.78 is 20.4. The largest absolute Gasteiger partial charge is 0.511 e. The van der Waals surface area contributed by atoms with E-state index in [9.17, 15) is 9.18 Å². The summed E-state index contributed by atoms with van der Waals surface area (Å²) >= 11 is 0. The molecule has 0 atom stereocenters. The van der Waals surface area contributed by atoms with Crippen LogP contribution in [-0.2, 0) is 4.79 Å². The summed E-state index contributed by atoms with van der Waals surface area (Å²) in [5, 5.41) is 17.8. The standard InChI is InChI=1S/C15H15FN2O4/c1-9(2)14-17-5-6-18(14)11-7-10(16)3-4-12(11)22-13(8-19)15(20)21/h3-9,19H,1-2H3,(H,20,21)/b13-8-. The van der Waals surface area contributed by atoms with Crippen LogP contribution in [0.4, 0.5) is 4.39 Å². The van der Waals surface area contributed by atoms with E-state index in [1.807, 2.05) is 13.8 Å². The lowest BCUT2D eigenvalue weighted by molar-refractivity contribution is -0.135. The van der Waals surface area contributed by atoms with Gasteiger partial charge < -0.3 is 14.9 Å². The minimum atomic E-state index is -1.44. The topological polar surface area (TPSA) is 84.6 Å². The molecule has 7 heteroatoms. The van der Waals surface area contributed by atoms with Crippen LogP contribution < -0.4 is 4.74 Å². The van der Waals surface area contributed by atoms with Gasteiger partial charge >= 0.3 is 5.97 Å². The first kappa shape index (κ1) is 15.6. The first-order valence-corrected chi connectivity index (χ1v) is 6.52. The van der Waals surface area contributed by atoms with Gasteiger partial charge in [0.15, 0.2) is 5.75 Å². The molecule has 1 aromatic heterocycles. The molecule has 22 heavy (non-hydrogen) atoms. The molecule has 0 aliphatic heterocycles. The molecule has 2 rings (SSSR count). The summed E-state index contributed by atoms with van der Waals surface area (Å²) in [4.78, 5) is 15.1. The van der Waals surface area contributed by atoms with Crippen molar-refractivity contribution in [2.45, 2.75) is 19.8 Å². The van der Waals surface area contributed by atoms with Gasteiger partial charge in [-0.25, -0.2) is 14.2 Å². The number of carboxylic acids is 1. The normalized spacial score (nSPS) is 11.7. The molecule has 0 fully saturated rings. The van der Waals surface area contributed by atoms with Gasteiger partial charge in [0.2, 0.25) is 5.76 Å².